The number of sulfonamides is 1. The first-order chi connectivity index (χ1) is 21.5. The molecule has 8 heteroatoms. The molecule has 4 aromatic carbocycles. The minimum Gasteiger partial charge on any atom is -0.352 e. The molecule has 2 amide bonds. The number of nitrogens with zero attached hydrogens (tertiary/aromatic N) is 2. The van der Waals surface area contributed by atoms with Gasteiger partial charge < -0.3 is 10.2 Å². The lowest BCUT2D eigenvalue weighted by Crippen LogP contribution is -2.54. The SMILES string of the molecule is CC[C@@H](C)NC(=O)[C@@H](Cc1ccccc1)N(Cc1ccccc1C)C(=O)CN(c1ccccc1C)S(=O)(=O)c1ccc(C)cc1. The number of nitrogens with one attached hydrogen (secondary N) is 1. The second kappa shape index (κ2) is 15.0. The minimum atomic E-state index is -4.15. The van der Waals surface area contributed by atoms with Crippen molar-refractivity contribution in [1.82, 2.24) is 10.2 Å². The van der Waals surface area contributed by atoms with E-state index in [4.69, 9.17) is 0 Å². The first kappa shape index (κ1) is 33.5. The van der Waals surface area contributed by atoms with Crippen LogP contribution in [-0.4, -0.2) is 43.8 Å². The third-order valence-corrected chi connectivity index (χ3v) is 9.92. The van der Waals surface area contributed by atoms with E-state index in [9.17, 15) is 18.0 Å². The first-order valence-electron chi connectivity index (χ1n) is 15.3. The molecule has 0 saturated carbocycles. The lowest BCUT2D eigenvalue weighted by molar-refractivity contribution is -0.140. The summed E-state index contributed by atoms with van der Waals surface area (Å²) in [6.45, 7) is 9.26. The predicted octanol–water partition coefficient (Wildman–Crippen LogP) is 6.36. The van der Waals surface area contributed by atoms with Gasteiger partial charge in [0.1, 0.15) is 12.6 Å². The standard InChI is InChI=1S/C37H43N3O4S/c1-6-30(5)38-37(42)35(24-31-16-8-7-9-17-31)39(25-32-18-12-10-14-28(32)3)36(41)26-40(34-19-13-11-15-29(34)4)45(43,44)33-22-20-27(2)21-23-33/h7-23,30,35H,6,24-26H2,1-5H3,(H,38,42)/t30-,35-/m1/s1. The highest BCUT2D eigenvalue weighted by Gasteiger charge is 2.35. The molecule has 4 aromatic rings. The van der Waals surface area contributed by atoms with Gasteiger partial charge in [0.05, 0.1) is 10.6 Å². The van der Waals surface area contributed by atoms with Crippen LogP contribution >= 0.6 is 0 Å². The van der Waals surface area contributed by atoms with Crippen LogP contribution in [0.15, 0.2) is 108 Å². The van der Waals surface area contributed by atoms with Gasteiger partial charge in [-0.25, -0.2) is 8.42 Å². The third kappa shape index (κ3) is 8.39. The molecule has 0 fully saturated rings. The fourth-order valence-corrected chi connectivity index (χ4v) is 6.64. The van der Waals surface area contributed by atoms with Crippen LogP contribution in [-0.2, 0) is 32.6 Å². The Labute approximate surface area is 268 Å². The van der Waals surface area contributed by atoms with Crippen LogP contribution in [0.5, 0.6) is 0 Å². The molecule has 0 bridgehead atoms. The maximum Gasteiger partial charge on any atom is 0.264 e. The van der Waals surface area contributed by atoms with Crippen molar-refractivity contribution in [3.8, 4) is 0 Å². The van der Waals surface area contributed by atoms with Crippen molar-refractivity contribution in [1.29, 1.82) is 0 Å². The number of rotatable bonds is 13. The van der Waals surface area contributed by atoms with Crippen molar-refractivity contribution >= 4 is 27.5 Å². The van der Waals surface area contributed by atoms with Crippen LogP contribution in [0.4, 0.5) is 5.69 Å². The number of carbonyl (C=O) groups excluding carboxylic acids is 2. The molecule has 0 aromatic heterocycles. The molecule has 0 aliphatic rings. The number of hydrogen-bond donors (Lipinski definition) is 1. The Morgan fingerprint density at radius 2 is 1.38 bits per heavy atom. The zero-order valence-corrected chi connectivity index (χ0v) is 27.6. The highest BCUT2D eigenvalue weighted by Crippen LogP contribution is 2.28. The second-order valence-electron chi connectivity index (χ2n) is 11.6. The average Bonchev–Trinajstić information content (AvgIpc) is 3.03. The van der Waals surface area contributed by atoms with Crippen molar-refractivity contribution < 1.29 is 18.0 Å². The lowest BCUT2D eigenvalue weighted by Gasteiger charge is -2.35. The smallest absolute Gasteiger partial charge is 0.264 e. The van der Waals surface area contributed by atoms with Crippen molar-refractivity contribution in [2.24, 2.45) is 0 Å². The monoisotopic (exact) mass is 625 g/mol. The summed E-state index contributed by atoms with van der Waals surface area (Å²) in [5, 5.41) is 3.08. The van der Waals surface area contributed by atoms with Crippen LogP contribution in [0.25, 0.3) is 0 Å². The maximum absolute atomic E-state index is 14.6. The Kier molecular flexibility index (Phi) is 11.2. The number of anilines is 1. The number of para-hydroxylation sites is 1. The third-order valence-electron chi connectivity index (χ3n) is 8.15. The molecule has 0 spiro atoms. The van der Waals surface area contributed by atoms with E-state index in [1.165, 1.54) is 4.31 Å². The van der Waals surface area contributed by atoms with Crippen molar-refractivity contribution in [2.45, 2.75) is 71.0 Å². The Hall–Kier alpha value is -4.43. The van der Waals surface area contributed by atoms with Gasteiger partial charge in [0, 0.05) is 19.0 Å². The van der Waals surface area contributed by atoms with Crippen LogP contribution in [0.3, 0.4) is 0 Å². The molecule has 1 N–H and O–H groups in total. The van der Waals surface area contributed by atoms with E-state index >= 15 is 0 Å². The highest BCUT2D eigenvalue weighted by molar-refractivity contribution is 7.92. The number of hydrogen-bond acceptors (Lipinski definition) is 4. The average molecular weight is 626 g/mol. The van der Waals surface area contributed by atoms with E-state index in [-0.39, 0.29) is 29.8 Å². The zero-order chi connectivity index (χ0) is 32.6. The quantitative estimate of drug-likeness (QED) is 0.187. The van der Waals surface area contributed by atoms with Gasteiger partial charge in [-0.3, -0.25) is 13.9 Å². The summed E-state index contributed by atoms with van der Waals surface area (Å²) in [7, 11) is -4.15. The molecule has 45 heavy (non-hydrogen) atoms. The summed E-state index contributed by atoms with van der Waals surface area (Å²) in [5.74, 6) is -0.753. The van der Waals surface area contributed by atoms with Crippen LogP contribution in [0.1, 0.15) is 48.1 Å². The second-order valence-corrected chi connectivity index (χ2v) is 13.4. The van der Waals surface area contributed by atoms with E-state index in [1.54, 1.807) is 41.3 Å². The Morgan fingerprint density at radius 1 is 0.778 bits per heavy atom. The topological polar surface area (TPSA) is 86.8 Å². The van der Waals surface area contributed by atoms with Gasteiger partial charge in [0.15, 0.2) is 0 Å². The van der Waals surface area contributed by atoms with Crippen molar-refractivity contribution in [3.05, 3.63) is 131 Å². The van der Waals surface area contributed by atoms with E-state index < -0.39 is 28.5 Å². The number of aryl methyl sites for hydroxylation is 3. The Morgan fingerprint density at radius 3 is 2.00 bits per heavy atom. The summed E-state index contributed by atoms with van der Waals surface area (Å²) in [6.07, 6.45) is 1.00. The van der Waals surface area contributed by atoms with Crippen LogP contribution in [0, 0.1) is 20.8 Å². The first-order valence-corrected chi connectivity index (χ1v) is 16.8. The summed E-state index contributed by atoms with van der Waals surface area (Å²) < 4.78 is 29.6. The fraction of sp³-hybridized carbons (Fsp3) is 0.297. The Bertz CT molecular complexity index is 1710. The van der Waals surface area contributed by atoms with Crippen molar-refractivity contribution in [3.63, 3.8) is 0 Å². The zero-order valence-electron chi connectivity index (χ0n) is 26.7. The molecule has 2 atom stereocenters. The van der Waals surface area contributed by atoms with E-state index in [1.807, 2.05) is 101 Å². The maximum atomic E-state index is 14.6. The molecule has 4 rings (SSSR count). The summed E-state index contributed by atoms with van der Waals surface area (Å²) in [5.41, 5.74) is 4.79. The van der Waals surface area contributed by atoms with Gasteiger partial charge in [-0.2, -0.15) is 0 Å². The molecule has 7 nitrogen and oxygen atoms in total. The normalized spacial score (nSPS) is 12.6. The fourth-order valence-electron chi connectivity index (χ4n) is 5.16. The lowest BCUT2D eigenvalue weighted by atomic mass is 10.0. The molecule has 0 radical (unpaired) electrons. The number of carbonyl (C=O) groups is 2. The summed E-state index contributed by atoms with van der Waals surface area (Å²) in [6, 6.07) is 30.0. The van der Waals surface area contributed by atoms with Gasteiger partial charge in [0.2, 0.25) is 11.8 Å². The molecule has 0 saturated heterocycles. The molecular weight excluding hydrogens is 582 g/mol. The minimum absolute atomic E-state index is 0.0879. The molecule has 0 aliphatic carbocycles. The molecule has 236 valence electrons. The van der Waals surface area contributed by atoms with E-state index in [0.29, 0.717) is 11.3 Å². The van der Waals surface area contributed by atoms with Gasteiger partial charge in [-0.1, -0.05) is 97.4 Å². The van der Waals surface area contributed by atoms with E-state index in [0.717, 1.165) is 28.7 Å². The van der Waals surface area contributed by atoms with Crippen molar-refractivity contribution in [2.75, 3.05) is 10.8 Å². The Balaban J connectivity index is 1.83. The van der Waals surface area contributed by atoms with Gasteiger partial charge in [-0.15, -0.1) is 0 Å². The molecular formula is C37H43N3O4S. The number of benzene rings is 4. The molecule has 0 heterocycles. The van der Waals surface area contributed by atoms with Gasteiger partial charge in [-0.05, 0) is 74.6 Å². The highest BCUT2D eigenvalue weighted by atomic mass is 32.2. The predicted molar refractivity (Wildman–Crippen MR) is 180 cm³/mol. The number of amides is 2. The van der Waals surface area contributed by atoms with Crippen LogP contribution < -0.4 is 9.62 Å². The van der Waals surface area contributed by atoms with Crippen LogP contribution in [0.2, 0.25) is 0 Å². The molecule has 0 unspecified atom stereocenters. The van der Waals surface area contributed by atoms with Gasteiger partial charge >= 0.3 is 0 Å². The summed E-state index contributed by atoms with van der Waals surface area (Å²) >= 11 is 0. The molecule has 0 aliphatic heterocycles. The van der Waals surface area contributed by atoms with Gasteiger partial charge in [0.25, 0.3) is 10.0 Å². The largest absolute Gasteiger partial charge is 0.352 e. The van der Waals surface area contributed by atoms with E-state index in [2.05, 4.69) is 5.32 Å². The summed E-state index contributed by atoms with van der Waals surface area (Å²) in [4.78, 5) is 30.2.